The molecule has 1 aliphatic heterocycles. The van der Waals surface area contributed by atoms with Crippen LogP contribution in [0.5, 0.6) is 0 Å². The van der Waals surface area contributed by atoms with Gasteiger partial charge in [-0.05, 0) is 96.5 Å². The Morgan fingerprint density at radius 1 is 1.03 bits per heavy atom. The third kappa shape index (κ3) is 6.12. The van der Waals surface area contributed by atoms with Crippen LogP contribution in [0.15, 0.2) is 18.3 Å². The number of hydrogen-bond donors (Lipinski definition) is 2. The topological polar surface area (TPSA) is 92.0 Å². The number of aryl methyl sites for hydroxylation is 2. The van der Waals surface area contributed by atoms with Crippen molar-refractivity contribution in [2.24, 2.45) is 0 Å². The summed E-state index contributed by atoms with van der Waals surface area (Å²) in [6.45, 7) is 11.6. The van der Waals surface area contributed by atoms with E-state index in [1.807, 2.05) is 6.20 Å². The number of hydrogen-bond acceptors (Lipinski definition) is 7. The largest absolute Gasteiger partial charge is 0.393 e. The van der Waals surface area contributed by atoms with Gasteiger partial charge in [-0.25, -0.2) is 9.67 Å². The molecule has 0 unspecified atom stereocenters. The number of aliphatic hydroxyl groups excluding tert-OH is 1. The van der Waals surface area contributed by atoms with E-state index in [4.69, 9.17) is 15.1 Å². The highest BCUT2D eigenvalue weighted by atomic mass is 16.3. The van der Waals surface area contributed by atoms with E-state index in [1.165, 1.54) is 5.56 Å². The van der Waals surface area contributed by atoms with Gasteiger partial charge in [0.25, 0.3) is 0 Å². The van der Waals surface area contributed by atoms with E-state index >= 15 is 0 Å². The smallest absolute Gasteiger partial charge is 0.224 e. The molecule has 0 radical (unpaired) electrons. The van der Waals surface area contributed by atoms with Crippen LogP contribution in [0.3, 0.4) is 0 Å². The molecule has 1 aliphatic carbocycles. The first kappa shape index (κ1) is 26.0. The van der Waals surface area contributed by atoms with Crippen LogP contribution in [0.25, 0.3) is 11.0 Å². The molecule has 1 saturated heterocycles. The highest BCUT2D eigenvalue weighted by molar-refractivity contribution is 5.79. The summed E-state index contributed by atoms with van der Waals surface area (Å²) in [6, 6.07) is 5.04. The van der Waals surface area contributed by atoms with E-state index in [1.54, 1.807) is 0 Å². The van der Waals surface area contributed by atoms with Gasteiger partial charge in [0.05, 0.1) is 23.2 Å². The number of pyridine rings is 1. The first-order valence-corrected chi connectivity index (χ1v) is 14.3. The third-order valence-corrected chi connectivity index (χ3v) is 8.11. The Morgan fingerprint density at radius 2 is 1.73 bits per heavy atom. The number of rotatable bonds is 8. The second-order valence-corrected chi connectivity index (χ2v) is 11.4. The van der Waals surface area contributed by atoms with Gasteiger partial charge < -0.3 is 10.4 Å². The molecule has 200 valence electrons. The van der Waals surface area contributed by atoms with Crippen molar-refractivity contribution in [3.05, 3.63) is 41.0 Å². The van der Waals surface area contributed by atoms with Gasteiger partial charge in [-0.15, -0.1) is 0 Å². The van der Waals surface area contributed by atoms with Gasteiger partial charge in [-0.2, -0.15) is 10.1 Å². The summed E-state index contributed by atoms with van der Waals surface area (Å²) >= 11 is 0. The molecule has 1 saturated carbocycles. The number of anilines is 1. The molecule has 4 heterocycles. The second-order valence-electron chi connectivity index (χ2n) is 11.4. The summed E-state index contributed by atoms with van der Waals surface area (Å²) in [5, 5.41) is 19.9. The molecule has 5 rings (SSSR count). The van der Waals surface area contributed by atoms with Gasteiger partial charge in [0, 0.05) is 36.1 Å². The number of fused-ring (bicyclic) bond motifs is 1. The molecular weight excluding hydrogens is 462 g/mol. The third-order valence-electron chi connectivity index (χ3n) is 8.11. The van der Waals surface area contributed by atoms with E-state index in [2.05, 4.69) is 59.7 Å². The minimum atomic E-state index is -0.184. The first-order valence-electron chi connectivity index (χ1n) is 14.3. The number of nitrogens with one attached hydrogen (secondary N) is 1. The highest BCUT2D eigenvalue weighted by Gasteiger charge is 2.29. The molecule has 37 heavy (non-hydrogen) atoms. The van der Waals surface area contributed by atoms with Crippen LogP contribution in [0, 0.1) is 13.8 Å². The average molecular weight is 506 g/mol. The summed E-state index contributed by atoms with van der Waals surface area (Å²) in [4.78, 5) is 16.8. The molecule has 1 atom stereocenters. The van der Waals surface area contributed by atoms with Crippen LogP contribution < -0.4 is 5.32 Å². The van der Waals surface area contributed by atoms with Crippen molar-refractivity contribution in [3.63, 3.8) is 0 Å². The average Bonchev–Trinajstić information content (AvgIpc) is 3.23. The van der Waals surface area contributed by atoms with E-state index in [0.29, 0.717) is 17.9 Å². The lowest BCUT2D eigenvalue weighted by atomic mass is 9.92. The minimum absolute atomic E-state index is 0.184. The van der Waals surface area contributed by atoms with Crippen LogP contribution in [0.1, 0.15) is 99.8 Å². The predicted molar refractivity (Wildman–Crippen MR) is 148 cm³/mol. The van der Waals surface area contributed by atoms with Gasteiger partial charge in [0.2, 0.25) is 5.95 Å². The zero-order valence-electron chi connectivity index (χ0n) is 23.0. The zero-order valence-corrected chi connectivity index (χ0v) is 23.0. The van der Waals surface area contributed by atoms with Crippen molar-refractivity contribution in [1.29, 1.82) is 0 Å². The summed E-state index contributed by atoms with van der Waals surface area (Å²) < 4.78 is 2.17. The Labute approximate surface area is 220 Å². The number of aromatic nitrogens is 5. The number of likely N-dealkylation sites (tertiary alicyclic amines) is 1. The molecule has 0 bridgehead atoms. The minimum Gasteiger partial charge on any atom is -0.393 e. The Kier molecular flexibility index (Phi) is 8.05. The van der Waals surface area contributed by atoms with Crippen LogP contribution in [-0.4, -0.2) is 60.0 Å². The van der Waals surface area contributed by atoms with E-state index in [9.17, 15) is 5.11 Å². The summed E-state index contributed by atoms with van der Waals surface area (Å²) in [5.41, 5.74) is 5.64. The molecule has 3 aromatic heterocycles. The molecule has 0 spiro atoms. The fourth-order valence-corrected chi connectivity index (χ4v) is 6.23. The molecule has 2 N–H and O–H groups in total. The lowest BCUT2D eigenvalue weighted by Crippen LogP contribution is -2.32. The van der Waals surface area contributed by atoms with E-state index < -0.39 is 0 Å². The molecular formula is C29H43N7O. The first-order chi connectivity index (χ1) is 17.9. The molecule has 3 aromatic rings. The maximum atomic E-state index is 10.1. The van der Waals surface area contributed by atoms with Crippen LogP contribution >= 0.6 is 0 Å². The van der Waals surface area contributed by atoms with Crippen molar-refractivity contribution >= 4 is 17.0 Å². The van der Waals surface area contributed by atoms with Crippen LogP contribution in [0.4, 0.5) is 5.95 Å². The lowest BCUT2D eigenvalue weighted by Gasteiger charge is -2.31. The number of piperidine rings is 1. The number of nitrogens with zero attached hydrogens (tertiary/aromatic N) is 6. The van der Waals surface area contributed by atoms with Crippen molar-refractivity contribution in [1.82, 2.24) is 29.6 Å². The molecule has 2 fully saturated rings. The van der Waals surface area contributed by atoms with Gasteiger partial charge in [-0.1, -0.05) is 13.3 Å². The summed E-state index contributed by atoms with van der Waals surface area (Å²) in [7, 11) is 0. The van der Waals surface area contributed by atoms with Crippen molar-refractivity contribution in [3.8, 4) is 0 Å². The van der Waals surface area contributed by atoms with Crippen molar-refractivity contribution in [2.75, 3.05) is 18.4 Å². The second kappa shape index (κ2) is 11.4. The Bertz CT molecular complexity index is 1170. The zero-order chi connectivity index (χ0) is 25.9. The molecule has 8 heteroatoms. The Morgan fingerprint density at radius 3 is 2.41 bits per heavy atom. The van der Waals surface area contributed by atoms with E-state index in [-0.39, 0.29) is 12.1 Å². The van der Waals surface area contributed by atoms with Crippen LogP contribution in [0.2, 0.25) is 0 Å². The van der Waals surface area contributed by atoms with E-state index in [0.717, 1.165) is 99.1 Å². The molecule has 8 nitrogen and oxygen atoms in total. The molecule has 2 aliphatic rings. The number of aliphatic hydroxyl groups is 1. The van der Waals surface area contributed by atoms with Crippen molar-refractivity contribution in [2.45, 2.75) is 110 Å². The normalized spacial score (nSPS) is 22.4. The molecule has 0 amide bonds. The summed E-state index contributed by atoms with van der Waals surface area (Å²) in [6.07, 6.45) is 9.75. The maximum absolute atomic E-state index is 10.1. The fraction of sp³-hybridized carbons (Fsp3) is 0.655. The monoisotopic (exact) mass is 505 g/mol. The van der Waals surface area contributed by atoms with Gasteiger partial charge in [0.15, 0.2) is 5.65 Å². The van der Waals surface area contributed by atoms with Gasteiger partial charge >= 0.3 is 0 Å². The fourth-order valence-electron chi connectivity index (χ4n) is 6.23. The van der Waals surface area contributed by atoms with Gasteiger partial charge in [0.1, 0.15) is 0 Å². The predicted octanol–water partition coefficient (Wildman–Crippen LogP) is 5.29. The van der Waals surface area contributed by atoms with Crippen LogP contribution in [-0.2, 0) is 6.54 Å². The maximum Gasteiger partial charge on any atom is 0.224 e. The van der Waals surface area contributed by atoms with Crippen molar-refractivity contribution < 1.29 is 5.11 Å². The lowest BCUT2D eigenvalue weighted by molar-refractivity contribution is 0.108. The van der Waals surface area contributed by atoms with Gasteiger partial charge in [-0.3, -0.25) is 9.88 Å². The summed E-state index contributed by atoms with van der Waals surface area (Å²) in [5.74, 6) is 1.10. The Hall–Kier alpha value is -2.58. The SMILES string of the molecule is CCC[C@H](C)Nc1ncc2c(C3CCN(Cc4cc(C)nc(C)c4)CC3)nn(C3CCC(O)CC3)c2n1. The molecule has 0 aromatic carbocycles. The standard InChI is InChI=1S/C29H43N7O/c1-5-6-19(2)32-29-30-17-26-27(34-36(28(26)33-29)24-7-9-25(37)10-8-24)23-11-13-35(14-12-23)18-22-15-20(3)31-21(4)16-22/h15-17,19,23-25,37H,5-14,18H2,1-4H3,(H,30,32,33)/t19-,24?,25?/m0/s1. The quantitative estimate of drug-likeness (QED) is 0.429. The Balaban J connectivity index is 1.36. The highest BCUT2D eigenvalue weighted by Crippen LogP contribution is 2.36.